The van der Waals surface area contributed by atoms with E-state index in [1.807, 2.05) is 5.32 Å². The Kier molecular flexibility index (Phi) is 7.33. The van der Waals surface area contributed by atoms with Crippen LogP contribution < -0.4 is 5.32 Å². The van der Waals surface area contributed by atoms with E-state index < -0.39 is 18.6 Å². The number of nitrogens with zero attached hydrogens (tertiary/aromatic N) is 1. The van der Waals surface area contributed by atoms with Crippen LogP contribution >= 0.6 is 0 Å². The van der Waals surface area contributed by atoms with Gasteiger partial charge < -0.3 is 15.0 Å². The average molecular weight is 270 g/mol. The molecule has 0 aromatic rings. The molecular weight excluding hydrogens is 253 g/mol. The van der Waals surface area contributed by atoms with Gasteiger partial charge in [0, 0.05) is 20.0 Å². The van der Waals surface area contributed by atoms with Gasteiger partial charge in [-0.15, -0.1) is 0 Å². The first-order valence-electron chi connectivity index (χ1n) is 5.34. The Morgan fingerprint density at radius 2 is 1.94 bits per heavy atom. The van der Waals surface area contributed by atoms with Gasteiger partial charge in [0.25, 0.3) is 0 Å². The predicted molar refractivity (Wildman–Crippen MR) is 57.8 cm³/mol. The summed E-state index contributed by atoms with van der Waals surface area (Å²) in [4.78, 5) is 23.4. The Balaban J connectivity index is 3.73. The molecule has 0 saturated heterocycles. The van der Waals surface area contributed by atoms with Crippen molar-refractivity contribution in [3.63, 3.8) is 0 Å². The molecule has 0 spiro atoms. The summed E-state index contributed by atoms with van der Waals surface area (Å²) in [6.07, 6.45) is -3.75. The summed E-state index contributed by atoms with van der Waals surface area (Å²) in [5.74, 6) is -0.838. The zero-order valence-corrected chi connectivity index (χ0v) is 10.3. The lowest BCUT2D eigenvalue weighted by atomic mass is 10.3. The van der Waals surface area contributed by atoms with Gasteiger partial charge in [-0.2, -0.15) is 13.2 Å². The van der Waals surface area contributed by atoms with Crippen molar-refractivity contribution in [2.24, 2.45) is 0 Å². The van der Waals surface area contributed by atoms with Gasteiger partial charge in [-0.1, -0.05) is 0 Å². The number of hydrogen-bond donors (Lipinski definition) is 1. The SMILES string of the molecule is COC(=O)CCCN(C)C(=O)CNCC(F)(F)F. The summed E-state index contributed by atoms with van der Waals surface area (Å²) in [5.41, 5.74) is 0. The number of nitrogens with one attached hydrogen (secondary N) is 1. The van der Waals surface area contributed by atoms with Crippen molar-refractivity contribution in [3.05, 3.63) is 0 Å². The number of esters is 1. The number of carbonyl (C=O) groups excluding carboxylic acids is 2. The van der Waals surface area contributed by atoms with Gasteiger partial charge in [-0.3, -0.25) is 9.59 Å². The first-order valence-corrected chi connectivity index (χ1v) is 5.34. The maximum absolute atomic E-state index is 11.8. The van der Waals surface area contributed by atoms with Crippen LogP contribution in [-0.4, -0.2) is 56.7 Å². The van der Waals surface area contributed by atoms with Crippen molar-refractivity contribution in [2.45, 2.75) is 19.0 Å². The first kappa shape index (κ1) is 16.7. The number of likely N-dealkylation sites (N-methyl/N-ethyl adjacent to an activating group) is 1. The third-order valence-electron chi connectivity index (χ3n) is 2.13. The van der Waals surface area contributed by atoms with E-state index in [0.29, 0.717) is 13.0 Å². The molecule has 5 nitrogen and oxygen atoms in total. The minimum atomic E-state index is -4.33. The molecule has 0 bridgehead atoms. The van der Waals surface area contributed by atoms with E-state index in [9.17, 15) is 22.8 Å². The average Bonchev–Trinajstić information content (AvgIpc) is 2.26. The standard InChI is InChI=1S/C10H17F3N2O3/c1-15(5-3-4-9(17)18-2)8(16)6-14-7-10(11,12)13/h14H,3-7H2,1-2H3. The quantitative estimate of drug-likeness (QED) is 0.686. The highest BCUT2D eigenvalue weighted by atomic mass is 19.4. The lowest BCUT2D eigenvalue weighted by Crippen LogP contribution is -2.39. The second-order valence-electron chi connectivity index (χ2n) is 3.71. The molecule has 8 heteroatoms. The van der Waals surface area contributed by atoms with Crippen LogP contribution in [-0.2, 0) is 14.3 Å². The van der Waals surface area contributed by atoms with E-state index in [1.54, 1.807) is 0 Å². The number of alkyl halides is 3. The molecule has 0 saturated carbocycles. The fourth-order valence-corrected chi connectivity index (χ4v) is 1.13. The first-order chi connectivity index (χ1) is 8.26. The van der Waals surface area contributed by atoms with E-state index in [-0.39, 0.29) is 18.9 Å². The monoisotopic (exact) mass is 270 g/mol. The summed E-state index contributed by atoms with van der Waals surface area (Å²) in [7, 11) is 2.73. The van der Waals surface area contributed by atoms with Crippen LogP contribution in [0.15, 0.2) is 0 Å². The third-order valence-corrected chi connectivity index (χ3v) is 2.13. The van der Waals surface area contributed by atoms with E-state index in [0.717, 1.165) is 0 Å². The molecule has 0 aliphatic carbocycles. The smallest absolute Gasteiger partial charge is 0.401 e. The van der Waals surface area contributed by atoms with Crippen LogP contribution in [0.2, 0.25) is 0 Å². The number of ether oxygens (including phenoxy) is 1. The molecule has 0 rings (SSSR count). The second-order valence-corrected chi connectivity index (χ2v) is 3.71. The summed E-state index contributed by atoms with van der Waals surface area (Å²) < 4.78 is 39.8. The molecular formula is C10H17F3N2O3. The van der Waals surface area contributed by atoms with Crippen LogP contribution in [0.25, 0.3) is 0 Å². The Morgan fingerprint density at radius 1 is 1.33 bits per heavy atom. The molecule has 0 atom stereocenters. The van der Waals surface area contributed by atoms with E-state index in [2.05, 4.69) is 4.74 Å². The lowest BCUT2D eigenvalue weighted by Gasteiger charge is -2.17. The van der Waals surface area contributed by atoms with E-state index in [4.69, 9.17) is 0 Å². The summed E-state index contributed by atoms with van der Waals surface area (Å²) >= 11 is 0. The second kappa shape index (κ2) is 7.91. The Hall–Kier alpha value is -1.31. The van der Waals surface area contributed by atoms with Crippen molar-refractivity contribution in [1.82, 2.24) is 10.2 Å². The van der Waals surface area contributed by atoms with Crippen LogP contribution in [0.3, 0.4) is 0 Å². The molecule has 0 fully saturated rings. The molecule has 0 aliphatic rings. The molecule has 106 valence electrons. The van der Waals surface area contributed by atoms with Gasteiger partial charge in [0.05, 0.1) is 20.2 Å². The Labute approximate surface area is 103 Å². The van der Waals surface area contributed by atoms with Crippen molar-refractivity contribution in [3.8, 4) is 0 Å². The summed E-state index contributed by atoms with van der Waals surface area (Å²) in [5, 5.41) is 2.01. The number of methoxy groups -OCH3 is 1. The van der Waals surface area contributed by atoms with Gasteiger partial charge in [-0.05, 0) is 6.42 Å². The molecule has 0 unspecified atom stereocenters. The summed E-state index contributed by atoms with van der Waals surface area (Å²) in [6, 6.07) is 0. The maximum Gasteiger partial charge on any atom is 0.401 e. The maximum atomic E-state index is 11.8. The summed E-state index contributed by atoms with van der Waals surface area (Å²) in [6.45, 7) is -1.29. The number of rotatable bonds is 7. The minimum absolute atomic E-state index is 0.171. The third kappa shape index (κ3) is 8.80. The fraction of sp³-hybridized carbons (Fsp3) is 0.800. The lowest BCUT2D eigenvalue weighted by molar-refractivity contribution is -0.141. The number of hydrogen-bond acceptors (Lipinski definition) is 4. The molecule has 0 aromatic carbocycles. The minimum Gasteiger partial charge on any atom is -0.469 e. The van der Waals surface area contributed by atoms with Gasteiger partial charge in [-0.25, -0.2) is 0 Å². The normalized spacial score (nSPS) is 11.2. The number of carbonyl (C=O) groups is 2. The molecule has 1 N–H and O–H groups in total. The molecule has 0 heterocycles. The highest BCUT2D eigenvalue weighted by Gasteiger charge is 2.26. The van der Waals surface area contributed by atoms with Gasteiger partial charge in [0.1, 0.15) is 0 Å². The van der Waals surface area contributed by atoms with Crippen molar-refractivity contribution in [2.75, 3.05) is 33.8 Å². The van der Waals surface area contributed by atoms with Crippen molar-refractivity contribution in [1.29, 1.82) is 0 Å². The number of amides is 1. The predicted octanol–water partition coefficient (Wildman–Crippen LogP) is 0.550. The molecule has 1 amide bonds. The van der Waals surface area contributed by atoms with E-state index >= 15 is 0 Å². The van der Waals surface area contributed by atoms with Crippen LogP contribution in [0.1, 0.15) is 12.8 Å². The molecule has 0 aromatic heterocycles. The van der Waals surface area contributed by atoms with Crippen LogP contribution in [0.5, 0.6) is 0 Å². The molecule has 0 radical (unpaired) electrons. The zero-order chi connectivity index (χ0) is 14.2. The van der Waals surface area contributed by atoms with Crippen LogP contribution in [0, 0.1) is 0 Å². The zero-order valence-electron chi connectivity index (χ0n) is 10.3. The molecule has 0 aliphatic heterocycles. The highest BCUT2D eigenvalue weighted by molar-refractivity contribution is 5.78. The largest absolute Gasteiger partial charge is 0.469 e. The van der Waals surface area contributed by atoms with Crippen molar-refractivity contribution >= 4 is 11.9 Å². The Bertz CT molecular complexity index is 282. The number of halogens is 3. The van der Waals surface area contributed by atoms with Gasteiger partial charge in [0.15, 0.2) is 0 Å². The topological polar surface area (TPSA) is 58.6 Å². The fourth-order valence-electron chi connectivity index (χ4n) is 1.13. The van der Waals surface area contributed by atoms with Crippen LogP contribution in [0.4, 0.5) is 13.2 Å². The molecule has 18 heavy (non-hydrogen) atoms. The van der Waals surface area contributed by atoms with Crippen molar-refractivity contribution < 1.29 is 27.5 Å². The van der Waals surface area contributed by atoms with E-state index in [1.165, 1.54) is 19.1 Å². The Morgan fingerprint density at radius 3 is 2.44 bits per heavy atom. The highest BCUT2D eigenvalue weighted by Crippen LogP contribution is 2.11. The van der Waals surface area contributed by atoms with Gasteiger partial charge >= 0.3 is 12.1 Å². The van der Waals surface area contributed by atoms with Gasteiger partial charge in [0.2, 0.25) is 5.91 Å².